The van der Waals surface area contributed by atoms with Crippen molar-refractivity contribution in [3.63, 3.8) is 0 Å². The van der Waals surface area contributed by atoms with Crippen LogP contribution in [-0.2, 0) is 6.42 Å². The largest absolute Gasteiger partial charge is 0.395 e. The Balaban J connectivity index is 0.00000180. The Morgan fingerprint density at radius 3 is 2.32 bits per heavy atom. The second kappa shape index (κ2) is 6.75. The van der Waals surface area contributed by atoms with Crippen molar-refractivity contribution in [2.75, 3.05) is 25.6 Å². The average Bonchev–Trinajstić information content (AvgIpc) is 2.38. The van der Waals surface area contributed by atoms with Crippen LogP contribution < -0.4 is 10.6 Å². The van der Waals surface area contributed by atoms with Crippen molar-refractivity contribution in [3.05, 3.63) is 42.0 Å². The van der Waals surface area contributed by atoms with Crippen LogP contribution in [0.4, 0.5) is 5.69 Å². The van der Waals surface area contributed by atoms with Crippen molar-refractivity contribution in [2.45, 2.75) is 12.5 Å². The molecule has 0 saturated heterocycles. The minimum atomic E-state index is -0.196. The summed E-state index contributed by atoms with van der Waals surface area (Å²) in [6.45, 7) is 0.0176. The van der Waals surface area contributed by atoms with Crippen LogP contribution in [0.15, 0.2) is 36.4 Å². The van der Waals surface area contributed by atoms with Crippen LogP contribution in [0.1, 0.15) is 5.56 Å². The van der Waals surface area contributed by atoms with Crippen LogP contribution in [0.2, 0.25) is 0 Å². The number of aliphatic hydroxyl groups excluding tert-OH is 1. The van der Waals surface area contributed by atoms with Gasteiger partial charge >= 0.3 is 0 Å². The molecular weight excluding hydrogens is 260 g/mol. The van der Waals surface area contributed by atoms with Gasteiger partial charge in [0, 0.05) is 31.2 Å². The molecule has 0 aromatic heterocycles. The SMILES string of the molecule is CN(C)c1ccc(CC(N)CO)c2ccccc12.Cl. The van der Waals surface area contributed by atoms with E-state index in [4.69, 9.17) is 10.8 Å². The molecule has 0 radical (unpaired) electrons. The maximum absolute atomic E-state index is 9.08. The number of aliphatic hydroxyl groups is 1. The van der Waals surface area contributed by atoms with Crippen LogP contribution in [0, 0.1) is 0 Å². The molecule has 2 aromatic rings. The number of benzene rings is 2. The van der Waals surface area contributed by atoms with Crippen molar-refractivity contribution < 1.29 is 5.11 Å². The highest BCUT2D eigenvalue weighted by atomic mass is 35.5. The lowest BCUT2D eigenvalue weighted by atomic mass is 9.98. The van der Waals surface area contributed by atoms with Gasteiger partial charge in [0.05, 0.1) is 6.61 Å². The van der Waals surface area contributed by atoms with Gasteiger partial charge in [0.1, 0.15) is 0 Å². The summed E-state index contributed by atoms with van der Waals surface area (Å²) in [7, 11) is 4.09. The van der Waals surface area contributed by atoms with Gasteiger partial charge in [-0.1, -0.05) is 30.3 Å². The Labute approximate surface area is 120 Å². The summed E-state index contributed by atoms with van der Waals surface area (Å²) in [5, 5.41) is 11.5. The smallest absolute Gasteiger partial charge is 0.0585 e. The van der Waals surface area contributed by atoms with Crippen LogP contribution in [0.25, 0.3) is 10.8 Å². The van der Waals surface area contributed by atoms with Crippen molar-refractivity contribution in [1.82, 2.24) is 0 Å². The van der Waals surface area contributed by atoms with E-state index in [2.05, 4.69) is 29.2 Å². The molecular formula is C15H21ClN2O. The van der Waals surface area contributed by atoms with E-state index in [0.717, 1.165) is 0 Å². The molecule has 104 valence electrons. The number of nitrogens with two attached hydrogens (primary N) is 1. The Hall–Kier alpha value is -1.29. The number of nitrogens with zero attached hydrogens (tertiary/aromatic N) is 1. The van der Waals surface area contributed by atoms with Crippen molar-refractivity contribution in [2.24, 2.45) is 5.73 Å². The lowest BCUT2D eigenvalue weighted by Gasteiger charge is -2.18. The normalized spacial score (nSPS) is 12.0. The summed E-state index contributed by atoms with van der Waals surface area (Å²) in [5.41, 5.74) is 8.23. The topological polar surface area (TPSA) is 49.5 Å². The highest BCUT2D eigenvalue weighted by Gasteiger charge is 2.09. The van der Waals surface area contributed by atoms with E-state index in [9.17, 15) is 0 Å². The summed E-state index contributed by atoms with van der Waals surface area (Å²) >= 11 is 0. The first-order valence-corrected chi connectivity index (χ1v) is 6.18. The molecule has 0 heterocycles. The third kappa shape index (κ3) is 3.38. The van der Waals surface area contributed by atoms with E-state index >= 15 is 0 Å². The molecule has 0 amide bonds. The summed E-state index contributed by atoms with van der Waals surface area (Å²) in [6, 6.07) is 12.3. The van der Waals surface area contributed by atoms with Gasteiger partial charge in [0.25, 0.3) is 0 Å². The lowest BCUT2D eigenvalue weighted by molar-refractivity contribution is 0.265. The van der Waals surface area contributed by atoms with Crippen LogP contribution in [0.5, 0.6) is 0 Å². The number of halogens is 1. The fraction of sp³-hybridized carbons (Fsp3) is 0.333. The quantitative estimate of drug-likeness (QED) is 0.903. The average molecular weight is 281 g/mol. The molecule has 19 heavy (non-hydrogen) atoms. The Morgan fingerprint density at radius 2 is 1.74 bits per heavy atom. The summed E-state index contributed by atoms with van der Waals surface area (Å²) in [4.78, 5) is 2.11. The van der Waals surface area contributed by atoms with Crippen LogP contribution in [-0.4, -0.2) is 31.9 Å². The lowest BCUT2D eigenvalue weighted by Crippen LogP contribution is -2.26. The van der Waals surface area contributed by atoms with E-state index in [1.807, 2.05) is 26.2 Å². The molecule has 0 aliphatic heterocycles. The fourth-order valence-corrected chi connectivity index (χ4v) is 2.26. The van der Waals surface area contributed by atoms with E-state index in [1.165, 1.54) is 22.0 Å². The zero-order valence-corrected chi connectivity index (χ0v) is 12.2. The van der Waals surface area contributed by atoms with Gasteiger partial charge in [-0.25, -0.2) is 0 Å². The zero-order chi connectivity index (χ0) is 13.1. The molecule has 0 spiro atoms. The number of hydrogen-bond donors (Lipinski definition) is 2. The second-order valence-electron chi connectivity index (χ2n) is 4.83. The zero-order valence-electron chi connectivity index (χ0n) is 11.3. The Bertz CT molecular complexity index is 543. The number of rotatable bonds is 4. The standard InChI is InChI=1S/C15H20N2O.ClH/c1-17(2)15-8-7-11(9-12(16)10-18)13-5-3-4-6-14(13)15;/h3-8,12,18H,9-10,16H2,1-2H3;1H. The first-order valence-electron chi connectivity index (χ1n) is 6.18. The second-order valence-corrected chi connectivity index (χ2v) is 4.83. The Morgan fingerprint density at radius 1 is 1.11 bits per heavy atom. The minimum absolute atomic E-state index is 0. The molecule has 3 nitrogen and oxygen atoms in total. The van der Waals surface area contributed by atoms with E-state index in [-0.39, 0.29) is 25.1 Å². The van der Waals surface area contributed by atoms with Gasteiger partial charge in [0.2, 0.25) is 0 Å². The molecule has 4 heteroatoms. The first-order chi connectivity index (χ1) is 8.63. The molecule has 0 fully saturated rings. The predicted molar refractivity (Wildman–Crippen MR) is 84.3 cm³/mol. The minimum Gasteiger partial charge on any atom is -0.395 e. The number of hydrogen-bond acceptors (Lipinski definition) is 3. The van der Waals surface area contributed by atoms with E-state index in [0.29, 0.717) is 6.42 Å². The van der Waals surface area contributed by atoms with Crippen LogP contribution >= 0.6 is 12.4 Å². The van der Waals surface area contributed by atoms with Crippen molar-refractivity contribution in [3.8, 4) is 0 Å². The molecule has 1 atom stereocenters. The molecule has 0 aliphatic carbocycles. The summed E-state index contributed by atoms with van der Waals surface area (Å²) in [5.74, 6) is 0. The molecule has 2 rings (SSSR count). The predicted octanol–water partition coefficient (Wildman–Crippen LogP) is 2.19. The van der Waals surface area contributed by atoms with Gasteiger partial charge in [-0.3, -0.25) is 0 Å². The van der Waals surface area contributed by atoms with Gasteiger partial charge in [0.15, 0.2) is 0 Å². The highest BCUT2D eigenvalue weighted by molar-refractivity contribution is 5.96. The highest BCUT2D eigenvalue weighted by Crippen LogP contribution is 2.28. The summed E-state index contributed by atoms with van der Waals surface area (Å²) in [6.07, 6.45) is 0.699. The molecule has 3 N–H and O–H groups in total. The summed E-state index contributed by atoms with van der Waals surface area (Å²) < 4.78 is 0. The monoisotopic (exact) mass is 280 g/mol. The fourth-order valence-electron chi connectivity index (χ4n) is 2.26. The number of anilines is 1. The van der Waals surface area contributed by atoms with E-state index in [1.54, 1.807) is 0 Å². The van der Waals surface area contributed by atoms with Gasteiger partial charge in [-0.15, -0.1) is 12.4 Å². The van der Waals surface area contributed by atoms with Gasteiger partial charge in [-0.2, -0.15) is 0 Å². The molecule has 1 unspecified atom stereocenters. The first kappa shape index (κ1) is 15.8. The van der Waals surface area contributed by atoms with Gasteiger partial charge in [-0.05, 0) is 23.4 Å². The maximum atomic E-state index is 9.08. The molecule has 0 aliphatic rings. The van der Waals surface area contributed by atoms with Crippen molar-refractivity contribution in [1.29, 1.82) is 0 Å². The maximum Gasteiger partial charge on any atom is 0.0585 e. The molecule has 0 saturated carbocycles. The molecule has 2 aromatic carbocycles. The third-order valence-corrected chi connectivity index (χ3v) is 3.19. The van der Waals surface area contributed by atoms with Crippen molar-refractivity contribution >= 4 is 28.9 Å². The molecule has 0 bridgehead atoms. The van der Waals surface area contributed by atoms with E-state index < -0.39 is 0 Å². The van der Waals surface area contributed by atoms with Gasteiger partial charge < -0.3 is 15.7 Å². The third-order valence-electron chi connectivity index (χ3n) is 3.19. The Kier molecular flexibility index (Phi) is 5.60. The van der Waals surface area contributed by atoms with Crippen LogP contribution in [0.3, 0.4) is 0 Å². The number of fused-ring (bicyclic) bond motifs is 1.